The minimum Gasteiger partial charge on any atom is -0.420 e. The van der Waals surface area contributed by atoms with Crippen LogP contribution in [0.1, 0.15) is 0 Å². The van der Waals surface area contributed by atoms with E-state index in [1.165, 1.54) is 0 Å². The van der Waals surface area contributed by atoms with E-state index in [0.717, 1.165) is 12.1 Å². The summed E-state index contributed by atoms with van der Waals surface area (Å²) >= 11 is 14.5. The van der Waals surface area contributed by atoms with E-state index in [-0.39, 0.29) is 25.5 Å². The van der Waals surface area contributed by atoms with Crippen LogP contribution in [0, 0.1) is 5.82 Å². The molecule has 0 aliphatic carbocycles. The summed E-state index contributed by atoms with van der Waals surface area (Å²) < 4.78 is 18.0. The molecule has 15 heavy (non-hydrogen) atoms. The van der Waals surface area contributed by atoms with Gasteiger partial charge in [0, 0.05) is 5.39 Å². The van der Waals surface area contributed by atoms with Gasteiger partial charge in [0.2, 0.25) is 0 Å². The van der Waals surface area contributed by atoms with E-state index >= 15 is 0 Å². The molecule has 0 aliphatic heterocycles. The molecule has 0 atom stereocenters. The van der Waals surface area contributed by atoms with Gasteiger partial charge in [0.15, 0.2) is 5.58 Å². The van der Waals surface area contributed by atoms with Gasteiger partial charge in [-0.05, 0) is 28.1 Å². The van der Waals surface area contributed by atoms with Gasteiger partial charge in [-0.2, -0.15) is 0 Å². The first kappa shape index (κ1) is 10.9. The summed E-state index contributed by atoms with van der Waals surface area (Å²) in [6, 6.07) is 2.20. The summed E-state index contributed by atoms with van der Waals surface area (Å²) in [5, 5.41) is 0.354. The number of fused-ring (bicyclic) bond motifs is 1. The maximum absolute atomic E-state index is 13.0. The molecule has 78 valence electrons. The van der Waals surface area contributed by atoms with Crippen LogP contribution in [-0.4, -0.2) is 0 Å². The van der Waals surface area contributed by atoms with Crippen LogP contribution in [0.2, 0.25) is 10.0 Å². The molecule has 0 aliphatic rings. The highest BCUT2D eigenvalue weighted by atomic mass is 79.9. The van der Waals surface area contributed by atoms with Crippen molar-refractivity contribution in [3.63, 3.8) is 0 Å². The predicted octanol–water partition coefficient (Wildman–Crippen LogP) is 4.00. The molecular formula is C9H2BrCl2FO2. The van der Waals surface area contributed by atoms with Gasteiger partial charge in [-0.3, -0.25) is 0 Å². The van der Waals surface area contributed by atoms with Crippen LogP contribution >= 0.6 is 39.1 Å². The van der Waals surface area contributed by atoms with Crippen molar-refractivity contribution >= 4 is 50.1 Å². The Hall–Kier alpha value is -0.580. The number of hydrogen-bond donors (Lipinski definition) is 0. The Morgan fingerprint density at radius 1 is 1.33 bits per heavy atom. The molecule has 2 rings (SSSR count). The fourth-order valence-electron chi connectivity index (χ4n) is 1.17. The molecule has 0 spiro atoms. The monoisotopic (exact) mass is 310 g/mol. The van der Waals surface area contributed by atoms with Crippen molar-refractivity contribution in [2.45, 2.75) is 0 Å². The highest BCUT2D eigenvalue weighted by Crippen LogP contribution is 2.32. The maximum atomic E-state index is 13.0. The Morgan fingerprint density at radius 2 is 2.00 bits per heavy atom. The Morgan fingerprint density at radius 3 is 2.67 bits per heavy atom. The third-order valence-corrected chi connectivity index (χ3v) is 3.43. The Labute approximate surface area is 102 Å². The van der Waals surface area contributed by atoms with E-state index in [1.54, 1.807) is 0 Å². The minimum absolute atomic E-state index is 0.0106. The predicted molar refractivity (Wildman–Crippen MR) is 60.2 cm³/mol. The number of benzene rings is 1. The first-order chi connectivity index (χ1) is 7.00. The lowest BCUT2D eigenvalue weighted by molar-refractivity contribution is 0.554. The average Bonchev–Trinajstić information content (AvgIpc) is 2.17. The summed E-state index contributed by atoms with van der Waals surface area (Å²) in [5.74, 6) is -0.546. The lowest BCUT2D eigenvalue weighted by Gasteiger charge is -2.02. The topological polar surface area (TPSA) is 30.2 Å². The normalized spacial score (nSPS) is 10.9. The number of hydrogen-bond acceptors (Lipinski definition) is 2. The Kier molecular flexibility index (Phi) is 2.75. The van der Waals surface area contributed by atoms with E-state index in [0.29, 0.717) is 0 Å². The molecular weight excluding hydrogens is 310 g/mol. The molecule has 1 aromatic carbocycles. The van der Waals surface area contributed by atoms with Crippen LogP contribution in [0.5, 0.6) is 0 Å². The molecule has 2 nitrogen and oxygen atoms in total. The van der Waals surface area contributed by atoms with Crippen molar-refractivity contribution in [2.75, 3.05) is 0 Å². The second-order valence-corrected chi connectivity index (χ2v) is 4.36. The minimum atomic E-state index is -0.652. The smallest absolute Gasteiger partial charge is 0.352 e. The van der Waals surface area contributed by atoms with Crippen LogP contribution in [0.25, 0.3) is 11.0 Å². The zero-order chi connectivity index (χ0) is 11.2. The largest absolute Gasteiger partial charge is 0.420 e. The quantitative estimate of drug-likeness (QED) is 0.688. The molecule has 0 unspecified atom stereocenters. The van der Waals surface area contributed by atoms with E-state index < -0.39 is 11.4 Å². The molecule has 0 fully saturated rings. The van der Waals surface area contributed by atoms with Gasteiger partial charge >= 0.3 is 5.63 Å². The average molecular weight is 312 g/mol. The third-order valence-electron chi connectivity index (χ3n) is 1.81. The Bertz CT molecular complexity index is 609. The number of halogens is 4. The second kappa shape index (κ2) is 3.77. The van der Waals surface area contributed by atoms with Crippen LogP contribution in [0.15, 0.2) is 25.8 Å². The van der Waals surface area contributed by atoms with Gasteiger partial charge in [-0.25, -0.2) is 9.18 Å². The first-order valence-electron chi connectivity index (χ1n) is 3.77. The van der Waals surface area contributed by atoms with Crippen molar-refractivity contribution in [1.82, 2.24) is 0 Å². The highest BCUT2D eigenvalue weighted by Gasteiger charge is 2.14. The molecule has 6 heteroatoms. The van der Waals surface area contributed by atoms with E-state index in [2.05, 4.69) is 15.9 Å². The summed E-state index contributed by atoms with van der Waals surface area (Å²) in [6.07, 6.45) is 0. The summed E-state index contributed by atoms with van der Waals surface area (Å²) in [7, 11) is 0. The zero-order valence-electron chi connectivity index (χ0n) is 6.98. The lowest BCUT2D eigenvalue weighted by Crippen LogP contribution is -2.00. The van der Waals surface area contributed by atoms with Crippen molar-refractivity contribution < 1.29 is 8.81 Å². The second-order valence-electron chi connectivity index (χ2n) is 2.78. The molecule has 1 heterocycles. The van der Waals surface area contributed by atoms with Crippen molar-refractivity contribution in [3.05, 3.63) is 42.9 Å². The fourth-order valence-corrected chi connectivity index (χ4v) is 1.93. The Balaban J connectivity index is 3.05. The number of rotatable bonds is 0. The van der Waals surface area contributed by atoms with Crippen molar-refractivity contribution in [1.29, 1.82) is 0 Å². The standard InChI is InChI=1S/C9H2BrCl2FO2/c10-6-7(12)4-1-3(13)2-5(11)8(4)15-9(6)14/h1-2H. The van der Waals surface area contributed by atoms with Crippen molar-refractivity contribution in [2.24, 2.45) is 0 Å². The van der Waals surface area contributed by atoms with Crippen LogP contribution in [-0.2, 0) is 0 Å². The molecule has 0 radical (unpaired) electrons. The van der Waals surface area contributed by atoms with Gasteiger partial charge < -0.3 is 4.42 Å². The van der Waals surface area contributed by atoms with E-state index in [4.69, 9.17) is 27.6 Å². The van der Waals surface area contributed by atoms with Crippen LogP contribution in [0.3, 0.4) is 0 Å². The maximum Gasteiger partial charge on any atom is 0.352 e. The van der Waals surface area contributed by atoms with Gasteiger partial charge in [-0.1, -0.05) is 23.2 Å². The van der Waals surface area contributed by atoms with Crippen molar-refractivity contribution in [3.8, 4) is 0 Å². The molecule has 0 bridgehead atoms. The third kappa shape index (κ3) is 1.77. The SMILES string of the molecule is O=c1oc2c(Cl)cc(F)cc2c(Cl)c1Br. The summed E-state index contributed by atoms with van der Waals surface area (Å²) in [6.45, 7) is 0. The fraction of sp³-hybridized carbons (Fsp3) is 0. The van der Waals surface area contributed by atoms with Gasteiger partial charge in [0.1, 0.15) is 10.3 Å². The van der Waals surface area contributed by atoms with E-state index in [1.807, 2.05) is 0 Å². The van der Waals surface area contributed by atoms with E-state index in [9.17, 15) is 9.18 Å². The molecule has 1 aromatic heterocycles. The molecule has 0 N–H and O–H groups in total. The van der Waals surface area contributed by atoms with Gasteiger partial charge in [-0.15, -0.1) is 0 Å². The van der Waals surface area contributed by atoms with Crippen LogP contribution < -0.4 is 5.63 Å². The summed E-state index contributed by atoms with van der Waals surface area (Å²) in [5.41, 5.74) is -0.572. The summed E-state index contributed by atoms with van der Waals surface area (Å²) in [4.78, 5) is 11.2. The lowest BCUT2D eigenvalue weighted by atomic mass is 10.2. The van der Waals surface area contributed by atoms with Crippen LogP contribution in [0.4, 0.5) is 4.39 Å². The molecule has 2 aromatic rings. The zero-order valence-corrected chi connectivity index (χ0v) is 10.1. The first-order valence-corrected chi connectivity index (χ1v) is 5.32. The molecule has 0 saturated heterocycles. The van der Waals surface area contributed by atoms with Gasteiger partial charge in [0.05, 0.1) is 10.0 Å². The highest BCUT2D eigenvalue weighted by molar-refractivity contribution is 9.10. The molecule has 0 amide bonds. The van der Waals surface area contributed by atoms with Gasteiger partial charge in [0.25, 0.3) is 0 Å². The molecule has 0 saturated carbocycles.